The molecule has 0 radical (unpaired) electrons. The molecule has 0 spiro atoms. The van der Waals surface area contributed by atoms with Crippen molar-refractivity contribution in [3.05, 3.63) is 192 Å². The van der Waals surface area contributed by atoms with Crippen LogP contribution in [0.5, 0.6) is 0 Å². The first-order chi connectivity index (χ1) is 29.3. The van der Waals surface area contributed by atoms with Crippen molar-refractivity contribution in [2.24, 2.45) is 0 Å². The predicted molar refractivity (Wildman–Crippen MR) is 257 cm³/mol. The first kappa shape index (κ1) is 32.9. The molecule has 12 aromatic carbocycles. The van der Waals surface area contributed by atoms with Gasteiger partial charge in [0.2, 0.25) is 0 Å². The van der Waals surface area contributed by atoms with Gasteiger partial charge in [-0.1, -0.05) is 173 Å². The van der Waals surface area contributed by atoms with Crippen LogP contribution in [-0.2, 0) is 10.8 Å². The van der Waals surface area contributed by atoms with Crippen LogP contribution < -0.4 is 0 Å². The molecule has 12 aromatic rings. The molecule has 0 N–H and O–H groups in total. The second-order valence-corrected chi connectivity index (χ2v) is 18.8. The van der Waals surface area contributed by atoms with E-state index in [1.165, 1.54) is 142 Å². The standard InChI is InChI=1S/C60H40/c1-59(2)49-29-37(21-23-45(49)57-47-25-19-35-11-7-9-33-15-17-39(31-51(57)59)55(47)53(33)35)41-27-28-42(44-14-6-5-13-43(41)44)38-22-24-46-50(30-38)60(3,4)52-32-40-18-16-34-10-8-12-36-20-26-48(58(46)52)56(40)54(34)36/h5-32H,1-4H3. The molecule has 0 amide bonds. The van der Waals surface area contributed by atoms with Gasteiger partial charge in [-0.15, -0.1) is 0 Å². The van der Waals surface area contributed by atoms with Gasteiger partial charge >= 0.3 is 0 Å². The SMILES string of the molecule is CC1(C)c2cc(-c3ccc(-c4ccc5c(c4)C(C)(C)c4cc6ccc7cccc8ccc(c4-5)c6c78)c4ccccc34)ccc2-c2c1cc1ccc3cccc4ccc2c1c34. The Kier molecular flexibility index (Phi) is 6.01. The smallest absolute Gasteiger partial charge is 0.0159 e. The summed E-state index contributed by atoms with van der Waals surface area (Å²) >= 11 is 0. The Labute approximate surface area is 349 Å². The van der Waals surface area contributed by atoms with Crippen LogP contribution in [0.3, 0.4) is 0 Å². The van der Waals surface area contributed by atoms with E-state index >= 15 is 0 Å². The lowest BCUT2D eigenvalue weighted by Crippen LogP contribution is -2.15. The van der Waals surface area contributed by atoms with Crippen LogP contribution >= 0.6 is 0 Å². The summed E-state index contributed by atoms with van der Waals surface area (Å²) in [6, 6.07) is 65.3. The van der Waals surface area contributed by atoms with Gasteiger partial charge in [0, 0.05) is 10.8 Å². The maximum atomic E-state index is 2.50. The van der Waals surface area contributed by atoms with Gasteiger partial charge in [-0.2, -0.15) is 0 Å². The molecular weight excluding hydrogens is 721 g/mol. The van der Waals surface area contributed by atoms with Crippen molar-refractivity contribution in [2.75, 3.05) is 0 Å². The minimum Gasteiger partial charge on any atom is -0.0616 e. The Morgan fingerprint density at radius 2 is 0.650 bits per heavy atom. The lowest BCUT2D eigenvalue weighted by Gasteiger charge is -2.24. The van der Waals surface area contributed by atoms with Gasteiger partial charge in [0.1, 0.15) is 0 Å². The van der Waals surface area contributed by atoms with E-state index < -0.39 is 0 Å². The van der Waals surface area contributed by atoms with Crippen molar-refractivity contribution in [3.8, 4) is 44.5 Å². The molecule has 0 unspecified atom stereocenters. The van der Waals surface area contributed by atoms with E-state index in [0.29, 0.717) is 0 Å². The third-order valence-electron chi connectivity index (χ3n) is 15.1. The quantitative estimate of drug-likeness (QED) is 0.154. The van der Waals surface area contributed by atoms with Gasteiger partial charge in [-0.3, -0.25) is 0 Å². The summed E-state index contributed by atoms with van der Waals surface area (Å²) in [6.45, 7) is 9.67. The van der Waals surface area contributed by atoms with Gasteiger partial charge in [-0.25, -0.2) is 0 Å². The summed E-state index contributed by atoms with van der Waals surface area (Å²) < 4.78 is 0. The van der Waals surface area contributed by atoms with E-state index in [4.69, 9.17) is 0 Å². The van der Waals surface area contributed by atoms with E-state index in [2.05, 4.69) is 198 Å². The van der Waals surface area contributed by atoms with Crippen LogP contribution in [0.1, 0.15) is 49.9 Å². The number of hydrogen-bond donors (Lipinski definition) is 0. The monoisotopic (exact) mass is 760 g/mol. The highest BCUT2D eigenvalue weighted by Gasteiger charge is 2.39. The fraction of sp³-hybridized carbons (Fsp3) is 0.100. The molecule has 0 nitrogen and oxygen atoms in total. The summed E-state index contributed by atoms with van der Waals surface area (Å²) in [7, 11) is 0. The van der Waals surface area contributed by atoms with E-state index in [1.807, 2.05) is 0 Å². The van der Waals surface area contributed by atoms with E-state index in [9.17, 15) is 0 Å². The average molecular weight is 761 g/mol. The molecule has 0 saturated heterocycles. The molecule has 0 fully saturated rings. The normalized spacial score (nSPS) is 14.9. The van der Waals surface area contributed by atoms with Crippen LogP contribution in [0.25, 0.3) is 120 Å². The minimum atomic E-state index is -0.134. The molecule has 0 atom stereocenters. The maximum absolute atomic E-state index is 2.50. The van der Waals surface area contributed by atoms with Gasteiger partial charge in [0.05, 0.1) is 0 Å². The summed E-state index contributed by atoms with van der Waals surface area (Å²) in [6.07, 6.45) is 0. The predicted octanol–water partition coefficient (Wildman–Crippen LogP) is 16.6. The molecule has 0 aliphatic heterocycles. The van der Waals surface area contributed by atoms with Crippen LogP contribution in [0.4, 0.5) is 0 Å². The van der Waals surface area contributed by atoms with Crippen molar-refractivity contribution in [1.29, 1.82) is 0 Å². The minimum absolute atomic E-state index is 0.134. The Bertz CT molecular complexity index is 3590. The molecule has 0 heterocycles. The van der Waals surface area contributed by atoms with Crippen molar-refractivity contribution in [1.82, 2.24) is 0 Å². The topological polar surface area (TPSA) is 0 Å². The van der Waals surface area contributed by atoms with Crippen molar-refractivity contribution >= 4 is 75.4 Å². The van der Waals surface area contributed by atoms with Crippen LogP contribution in [0.15, 0.2) is 170 Å². The zero-order valence-electron chi connectivity index (χ0n) is 34.2. The Balaban J connectivity index is 0.913. The fourth-order valence-electron chi connectivity index (χ4n) is 12.2. The highest BCUT2D eigenvalue weighted by atomic mass is 14.4. The molecule has 60 heavy (non-hydrogen) atoms. The molecule has 280 valence electrons. The Morgan fingerprint density at radius 1 is 0.267 bits per heavy atom. The third-order valence-corrected chi connectivity index (χ3v) is 15.1. The summed E-state index contributed by atoms with van der Waals surface area (Å²) in [5, 5.41) is 18.8. The summed E-state index contributed by atoms with van der Waals surface area (Å²) in [5.41, 5.74) is 16.0. The highest BCUT2D eigenvalue weighted by Crippen LogP contribution is 2.56. The molecule has 0 aromatic heterocycles. The molecule has 2 aliphatic rings. The third kappa shape index (κ3) is 3.98. The number of rotatable bonds is 2. The number of fused-ring (bicyclic) bond motifs is 9. The average Bonchev–Trinajstić information content (AvgIpc) is 3.65. The number of benzene rings is 12. The van der Waals surface area contributed by atoms with Gasteiger partial charge in [0.25, 0.3) is 0 Å². The molecular formula is C60H40. The number of hydrogen-bond acceptors (Lipinski definition) is 0. The van der Waals surface area contributed by atoms with E-state index in [1.54, 1.807) is 0 Å². The second kappa shape index (κ2) is 11.0. The van der Waals surface area contributed by atoms with Crippen molar-refractivity contribution in [2.45, 2.75) is 38.5 Å². The Hall–Kier alpha value is -7.02. The summed E-state index contributed by atoms with van der Waals surface area (Å²) in [4.78, 5) is 0. The molecule has 0 saturated carbocycles. The van der Waals surface area contributed by atoms with Crippen molar-refractivity contribution < 1.29 is 0 Å². The molecule has 0 heteroatoms. The van der Waals surface area contributed by atoms with Crippen LogP contribution in [0.2, 0.25) is 0 Å². The van der Waals surface area contributed by atoms with Crippen LogP contribution in [-0.4, -0.2) is 0 Å². The maximum Gasteiger partial charge on any atom is 0.0159 e. The van der Waals surface area contributed by atoms with Gasteiger partial charge in [-0.05, 0) is 166 Å². The molecule has 14 rings (SSSR count). The van der Waals surface area contributed by atoms with E-state index in [0.717, 1.165) is 0 Å². The highest BCUT2D eigenvalue weighted by molar-refractivity contribution is 6.28. The summed E-state index contributed by atoms with van der Waals surface area (Å²) in [5.74, 6) is 0. The first-order valence-corrected chi connectivity index (χ1v) is 21.5. The van der Waals surface area contributed by atoms with E-state index in [-0.39, 0.29) is 10.8 Å². The lowest BCUT2D eigenvalue weighted by atomic mass is 9.79. The zero-order chi connectivity index (χ0) is 39.8. The second-order valence-electron chi connectivity index (χ2n) is 18.8. The molecule has 0 bridgehead atoms. The van der Waals surface area contributed by atoms with Crippen molar-refractivity contribution in [3.63, 3.8) is 0 Å². The Morgan fingerprint density at radius 3 is 1.08 bits per heavy atom. The fourth-order valence-corrected chi connectivity index (χ4v) is 12.2. The molecule has 2 aliphatic carbocycles. The largest absolute Gasteiger partial charge is 0.0616 e. The zero-order valence-corrected chi connectivity index (χ0v) is 34.2. The first-order valence-electron chi connectivity index (χ1n) is 21.5. The van der Waals surface area contributed by atoms with Gasteiger partial charge in [0.15, 0.2) is 0 Å². The van der Waals surface area contributed by atoms with Crippen LogP contribution in [0, 0.1) is 0 Å². The van der Waals surface area contributed by atoms with Gasteiger partial charge < -0.3 is 0 Å². The lowest BCUT2D eigenvalue weighted by molar-refractivity contribution is 0.661.